The second-order valence-electron chi connectivity index (χ2n) is 7.55. The molecular weight excluding hydrogens is 405 g/mol. The predicted octanol–water partition coefficient (Wildman–Crippen LogP) is 7.21. The Hall–Kier alpha value is -2.57. The van der Waals surface area contributed by atoms with Crippen LogP contribution in [0.3, 0.4) is 0 Å². The van der Waals surface area contributed by atoms with Crippen molar-refractivity contribution in [1.82, 2.24) is 9.97 Å². The molecule has 1 heterocycles. The molecule has 0 radical (unpaired) electrons. The molecule has 0 amide bonds. The molecule has 1 aromatic heterocycles. The van der Waals surface area contributed by atoms with Crippen LogP contribution in [-0.4, -0.2) is 27.9 Å². The molecule has 0 saturated heterocycles. The number of allylic oxidation sites excluding steroid dienone is 2. The molecular formula is C24H31F3N2O2. The summed E-state index contributed by atoms with van der Waals surface area (Å²) in [6.45, 7) is 2.87. The van der Waals surface area contributed by atoms with Crippen molar-refractivity contribution >= 4 is 0 Å². The molecule has 0 unspecified atom stereocenters. The lowest BCUT2D eigenvalue weighted by Gasteiger charge is -2.07. The Balaban J connectivity index is 1.74. The van der Waals surface area contributed by atoms with Crippen molar-refractivity contribution in [2.75, 3.05) is 6.61 Å². The zero-order valence-electron chi connectivity index (χ0n) is 18.0. The van der Waals surface area contributed by atoms with Crippen molar-refractivity contribution in [3.05, 3.63) is 54.1 Å². The van der Waals surface area contributed by atoms with E-state index in [0.29, 0.717) is 23.7 Å². The molecule has 1 N–H and O–H groups in total. The molecule has 0 fully saturated rings. The average molecular weight is 437 g/mol. The van der Waals surface area contributed by atoms with E-state index >= 15 is 0 Å². The first-order valence-electron chi connectivity index (χ1n) is 10.9. The van der Waals surface area contributed by atoms with Crippen LogP contribution in [0.1, 0.15) is 63.9 Å². The van der Waals surface area contributed by atoms with Gasteiger partial charge in [-0.2, -0.15) is 13.2 Å². The van der Waals surface area contributed by atoms with Crippen molar-refractivity contribution < 1.29 is 23.0 Å². The van der Waals surface area contributed by atoms with Gasteiger partial charge in [0.2, 0.25) is 0 Å². The first-order valence-corrected chi connectivity index (χ1v) is 10.9. The molecule has 1 aromatic carbocycles. The van der Waals surface area contributed by atoms with Crippen molar-refractivity contribution in [3.8, 4) is 17.1 Å². The predicted molar refractivity (Wildman–Crippen MR) is 116 cm³/mol. The number of alkyl halides is 3. The summed E-state index contributed by atoms with van der Waals surface area (Å²) in [4.78, 5) is 8.61. The van der Waals surface area contributed by atoms with Crippen molar-refractivity contribution in [3.63, 3.8) is 0 Å². The minimum Gasteiger partial charge on any atom is -0.504 e. The number of nitrogens with zero attached hydrogens (tertiary/aromatic N) is 2. The SMILES string of the molecule is CCCCCCCCCCOc1cnc(-c2ccc(CC=C(O)C(F)(F)F)cc2)nc1. The summed E-state index contributed by atoms with van der Waals surface area (Å²) in [6.07, 6.45) is 9.23. The number of halogens is 3. The molecule has 0 aliphatic rings. The van der Waals surface area contributed by atoms with Crippen LogP contribution in [0.15, 0.2) is 48.5 Å². The fourth-order valence-electron chi connectivity index (χ4n) is 3.09. The number of unbranched alkanes of at least 4 members (excludes halogenated alkanes) is 7. The summed E-state index contributed by atoms with van der Waals surface area (Å²) >= 11 is 0. The Kier molecular flexibility index (Phi) is 10.3. The van der Waals surface area contributed by atoms with Gasteiger partial charge in [0, 0.05) is 5.56 Å². The maximum atomic E-state index is 12.3. The van der Waals surface area contributed by atoms with Crippen molar-refractivity contribution in [2.24, 2.45) is 0 Å². The summed E-state index contributed by atoms with van der Waals surface area (Å²) in [5, 5.41) is 8.95. The highest BCUT2D eigenvalue weighted by Gasteiger charge is 2.33. The lowest BCUT2D eigenvalue weighted by Crippen LogP contribution is -2.11. The maximum absolute atomic E-state index is 12.3. The minimum atomic E-state index is -4.72. The summed E-state index contributed by atoms with van der Waals surface area (Å²) < 4.78 is 42.6. The van der Waals surface area contributed by atoms with Gasteiger partial charge in [-0.25, -0.2) is 9.97 Å². The second kappa shape index (κ2) is 13.0. The number of aliphatic hydroxyl groups is 1. The molecule has 2 aromatic rings. The van der Waals surface area contributed by atoms with Crippen LogP contribution in [0.2, 0.25) is 0 Å². The van der Waals surface area contributed by atoms with Crippen LogP contribution in [0.25, 0.3) is 11.4 Å². The Morgan fingerprint density at radius 1 is 0.935 bits per heavy atom. The number of ether oxygens (including phenoxy) is 1. The van der Waals surface area contributed by atoms with E-state index in [1.807, 2.05) is 0 Å². The standard InChI is InChI=1S/C24H31F3N2O2/c1-2-3-4-5-6-7-8-9-16-31-21-17-28-23(29-18-21)20-13-10-19(11-14-20)12-15-22(30)24(25,26)27/h10-11,13-15,17-18,30H,2-9,12,16H2,1H3. The maximum Gasteiger partial charge on any atom is 0.448 e. The van der Waals surface area contributed by atoms with Crippen molar-refractivity contribution in [1.29, 1.82) is 0 Å². The van der Waals surface area contributed by atoms with Gasteiger partial charge in [-0.1, -0.05) is 76.1 Å². The van der Waals surface area contributed by atoms with E-state index in [9.17, 15) is 13.2 Å². The summed E-state index contributed by atoms with van der Waals surface area (Å²) in [6, 6.07) is 6.85. The third-order valence-corrected chi connectivity index (χ3v) is 4.93. The first-order chi connectivity index (χ1) is 14.9. The monoisotopic (exact) mass is 436 g/mol. The van der Waals surface area contributed by atoms with E-state index in [-0.39, 0.29) is 6.42 Å². The zero-order chi connectivity index (χ0) is 22.5. The third kappa shape index (κ3) is 9.40. The average Bonchev–Trinajstić information content (AvgIpc) is 2.76. The third-order valence-electron chi connectivity index (χ3n) is 4.93. The van der Waals surface area contributed by atoms with Gasteiger partial charge < -0.3 is 9.84 Å². The highest BCUT2D eigenvalue weighted by molar-refractivity contribution is 5.55. The molecule has 0 atom stereocenters. The number of hydrogen-bond acceptors (Lipinski definition) is 4. The summed E-state index contributed by atoms with van der Waals surface area (Å²) in [7, 11) is 0. The second-order valence-corrected chi connectivity index (χ2v) is 7.55. The van der Waals surface area contributed by atoms with Gasteiger partial charge >= 0.3 is 6.18 Å². The van der Waals surface area contributed by atoms with E-state index in [1.165, 1.54) is 38.5 Å². The number of aromatic nitrogens is 2. The number of hydrogen-bond donors (Lipinski definition) is 1. The van der Waals surface area contributed by atoms with Gasteiger partial charge in [-0.05, 0) is 24.5 Å². The molecule has 0 aliphatic heterocycles. The molecule has 0 spiro atoms. The highest BCUT2D eigenvalue weighted by atomic mass is 19.4. The van der Waals surface area contributed by atoms with Gasteiger partial charge in [-0.15, -0.1) is 0 Å². The van der Waals surface area contributed by atoms with E-state index in [1.54, 1.807) is 36.7 Å². The van der Waals surface area contributed by atoms with Crippen LogP contribution in [0.5, 0.6) is 5.75 Å². The largest absolute Gasteiger partial charge is 0.504 e. The number of aliphatic hydroxyl groups excluding tert-OH is 1. The summed E-state index contributed by atoms with van der Waals surface area (Å²) in [5.41, 5.74) is 1.40. The van der Waals surface area contributed by atoms with Crippen LogP contribution < -0.4 is 4.74 Å². The lowest BCUT2D eigenvalue weighted by atomic mass is 10.1. The van der Waals surface area contributed by atoms with Crippen LogP contribution in [-0.2, 0) is 6.42 Å². The molecule has 0 bridgehead atoms. The van der Waals surface area contributed by atoms with Crippen LogP contribution >= 0.6 is 0 Å². The Morgan fingerprint density at radius 3 is 2.10 bits per heavy atom. The molecule has 0 aliphatic carbocycles. The molecule has 2 rings (SSSR count). The molecule has 7 heteroatoms. The normalized spacial score (nSPS) is 12.2. The molecule has 4 nitrogen and oxygen atoms in total. The smallest absolute Gasteiger partial charge is 0.448 e. The summed E-state index contributed by atoms with van der Waals surface area (Å²) in [5.74, 6) is -0.446. The molecule has 0 saturated carbocycles. The zero-order valence-corrected chi connectivity index (χ0v) is 18.0. The Labute approximate surface area is 182 Å². The van der Waals surface area contributed by atoms with Gasteiger partial charge in [0.25, 0.3) is 0 Å². The topological polar surface area (TPSA) is 55.2 Å². The van der Waals surface area contributed by atoms with E-state index in [2.05, 4.69) is 16.9 Å². The van der Waals surface area contributed by atoms with Crippen LogP contribution in [0.4, 0.5) is 13.2 Å². The van der Waals surface area contributed by atoms with Crippen LogP contribution in [0, 0.1) is 0 Å². The lowest BCUT2D eigenvalue weighted by molar-refractivity contribution is -0.120. The Morgan fingerprint density at radius 2 is 1.52 bits per heavy atom. The van der Waals surface area contributed by atoms with E-state index in [4.69, 9.17) is 9.84 Å². The number of rotatable bonds is 13. The molecule has 170 valence electrons. The highest BCUT2D eigenvalue weighted by Crippen LogP contribution is 2.24. The molecule has 31 heavy (non-hydrogen) atoms. The van der Waals surface area contributed by atoms with Crippen molar-refractivity contribution in [2.45, 2.75) is 70.9 Å². The first kappa shape index (κ1) is 24.7. The van der Waals surface area contributed by atoms with Gasteiger partial charge in [0.1, 0.15) is 0 Å². The fourth-order valence-corrected chi connectivity index (χ4v) is 3.09. The van der Waals surface area contributed by atoms with Gasteiger partial charge in [0.15, 0.2) is 17.3 Å². The van der Waals surface area contributed by atoms with Gasteiger partial charge in [0.05, 0.1) is 19.0 Å². The van der Waals surface area contributed by atoms with E-state index < -0.39 is 11.9 Å². The van der Waals surface area contributed by atoms with E-state index in [0.717, 1.165) is 24.5 Å². The fraction of sp³-hybridized carbons (Fsp3) is 0.500. The van der Waals surface area contributed by atoms with Gasteiger partial charge in [-0.3, -0.25) is 0 Å². The quantitative estimate of drug-likeness (QED) is 0.266. The Bertz CT molecular complexity index is 788. The minimum absolute atomic E-state index is 0.0159. The number of benzene rings is 1.